The number of carbonyl (C=O) groups excluding carboxylic acids is 2. The van der Waals surface area contributed by atoms with Crippen molar-refractivity contribution in [1.82, 2.24) is 5.32 Å². The molecule has 0 bridgehead atoms. The average molecular weight is 277 g/mol. The van der Waals surface area contributed by atoms with Crippen molar-refractivity contribution in [3.8, 4) is 0 Å². The predicted molar refractivity (Wildman–Crippen MR) is 71.2 cm³/mol. The SMILES string of the molecule is CCOC(=O)C[C@H]1CCc2sc3c(c21)C(=O)N[C+]=N3. The Kier molecular flexibility index (Phi) is 3.05. The number of aliphatic imine (C=N–C) groups is 1. The molecule has 0 saturated heterocycles. The Labute approximate surface area is 114 Å². The van der Waals surface area contributed by atoms with Crippen LogP contribution in [0.25, 0.3) is 0 Å². The number of amides is 1. The van der Waals surface area contributed by atoms with Gasteiger partial charge >= 0.3 is 11.9 Å². The molecular weight excluding hydrogens is 264 g/mol. The van der Waals surface area contributed by atoms with Crippen LogP contribution in [0.2, 0.25) is 0 Å². The fourth-order valence-corrected chi connectivity index (χ4v) is 3.89. The first-order valence-corrected chi connectivity index (χ1v) is 7.09. The lowest BCUT2D eigenvalue weighted by Crippen LogP contribution is -2.25. The first kappa shape index (κ1) is 12.3. The number of thiophene rings is 1. The van der Waals surface area contributed by atoms with Crippen molar-refractivity contribution in [3.63, 3.8) is 0 Å². The molecule has 1 aromatic rings. The van der Waals surface area contributed by atoms with E-state index in [1.54, 1.807) is 6.92 Å². The molecule has 0 unspecified atom stereocenters. The van der Waals surface area contributed by atoms with Crippen LogP contribution < -0.4 is 5.32 Å². The predicted octanol–water partition coefficient (Wildman–Crippen LogP) is 2.01. The highest BCUT2D eigenvalue weighted by Crippen LogP contribution is 2.47. The topological polar surface area (TPSA) is 67.8 Å². The minimum atomic E-state index is -0.202. The molecule has 1 aromatic heterocycles. The van der Waals surface area contributed by atoms with E-state index in [0.717, 1.165) is 18.4 Å². The van der Waals surface area contributed by atoms with Gasteiger partial charge in [-0.1, -0.05) is 0 Å². The van der Waals surface area contributed by atoms with Crippen molar-refractivity contribution in [3.05, 3.63) is 16.0 Å². The molecule has 1 aliphatic carbocycles. The second-order valence-electron chi connectivity index (χ2n) is 4.54. The van der Waals surface area contributed by atoms with Gasteiger partial charge in [0.2, 0.25) is 5.00 Å². The van der Waals surface area contributed by atoms with Crippen molar-refractivity contribution in [2.75, 3.05) is 6.61 Å². The Morgan fingerprint density at radius 1 is 1.63 bits per heavy atom. The summed E-state index contributed by atoms with van der Waals surface area (Å²) in [4.78, 5) is 28.8. The molecule has 98 valence electrons. The normalized spacial score (nSPS) is 19.4. The molecule has 1 N–H and O–H groups in total. The van der Waals surface area contributed by atoms with Crippen LogP contribution in [-0.4, -0.2) is 24.8 Å². The van der Waals surface area contributed by atoms with Crippen LogP contribution in [0.4, 0.5) is 5.00 Å². The lowest BCUT2D eigenvalue weighted by atomic mass is 9.95. The Hall–Kier alpha value is -1.78. The van der Waals surface area contributed by atoms with Crippen molar-refractivity contribution >= 4 is 34.6 Å². The van der Waals surface area contributed by atoms with Gasteiger partial charge in [0.25, 0.3) is 6.34 Å². The third-order valence-electron chi connectivity index (χ3n) is 3.40. The van der Waals surface area contributed by atoms with Gasteiger partial charge < -0.3 is 4.74 Å². The maximum absolute atomic E-state index is 11.9. The van der Waals surface area contributed by atoms with E-state index < -0.39 is 0 Å². The van der Waals surface area contributed by atoms with Gasteiger partial charge in [0.15, 0.2) is 5.56 Å². The summed E-state index contributed by atoms with van der Waals surface area (Å²) < 4.78 is 4.99. The fourth-order valence-electron chi connectivity index (χ4n) is 2.66. The molecule has 0 fully saturated rings. The van der Waals surface area contributed by atoms with Gasteiger partial charge in [0.1, 0.15) is 0 Å². The molecule has 2 heterocycles. The molecule has 2 aliphatic rings. The second kappa shape index (κ2) is 4.72. The van der Waals surface area contributed by atoms with Gasteiger partial charge in [-0.2, -0.15) is 10.1 Å². The highest BCUT2D eigenvalue weighted by Gasteiger charge is 2.40. The number of aryl methyl sites for hydroxylation is 1. The number of nitrogens with one attached hydrogen (secondary N) is 1. The van der Waals surface area contributed by atoms with Crippen molar-refractivity contribution in [1.29, 1.82) is 0 Å². The van der Waals surface area contributed by atoms with E-state index in [1.165, 1.54) is 16.2 Å². The number of ether oxygens (including phenoxy) is 1. The molecule has 3 rings (SSSR count). The zero-order chi connectivity index (χ0) is 13.4. The number of esters is 1. The Balaban J connectivity index is 1.91. The molecule has 1 amide bonds. The van der Waals surface area contributed by atoms with E-state index in [1.807, 2.05) is 0 Å². The Bertz CT molecular complexity index is 577. The molecule has 0 saturated carbocycles. The number of carbonyl (C=O) groups is 2. The Morgan fingerprint density at radius 3 is 3.26 bits per heavy atom. The summed E-state index contributed by atoms with van der Waals surface area (Å²) in [5.74, 6) is -0.294. The second-order valence-corrected chi connectivity index (χ2v) is 5.63. The quantitative estimate of drug-likeness (QED) is 0.679. The molecule has 0 spiro atoms. The number of hydrogen-bond acceptors (Lipinski definition) is 5. The minimum Gasteiger partial charge on any atom is -0.466 e. The molecule has 0 radical (unpaired) electrons. The summed E-state index contributed by atoms with van der Waals surface area (Å²) in [6.07, 6.45) is 4.64. The van der Waals surface area contributed by atoms with E-state index in [0.29, 0.717) is 23.6 Å². The molecule has 5 nitrogen and oxygen atoms in total. The molecular formula is C13H13N2O3S+. The van der Waals surface area contributed by atoms with Gasteiger partial charge in [0.05, 0.1) is 13.0 Å². The molecule has 1 aliphatic heterocycles. The van der Waals surface area contributed by atoms with Crippen molar-refractivity contribution in [2.45, 2.75) is 32.1 Å². The molecule has 6 heteroatoms. The fraction of sp³-hybridized carbons (Fsp3) is 0.462. The zero-order valence-electron chi connectivity index (χ0n) is 10.5. The van der Waals surface area contributed by atoms with Crippen LogP contribution >= 0.6 is 11.3 Å². The number of fused-ring (bicyclic) bond motifs is 3. The maximum atomic E-state index is 11.9. The molecule has 0 aromatic carbocycles. The van der Waals surface area contributed by atoms with Crippen LogP contribution in [-0.2, 0) is 16.0 Å². The lowest BCUT2D eigenvalue weighted by Gasteiger charge is -2.10. The summed E-state index contributed by atoms with van der Waals surface area (Å²) >= 11 is 1.53. The van der Waals surface area contributed by atoms with Gasteiger partial charge in [-0.05, 0) is 42.0 Å². The summed E-state index contributed by atoms with van der Waals surface area (Å²) in [7, 11) is 0. The smallest absolute Gasteiger partial charge is 0.374 e. The van der Waals surface area contributed by atoms with E-state index in [-0.39, 0.29) is 17.8 Å². The average Bonchev–Trinajstić information content (AvgIpc) is 2.90. The van der Waals surface area contributed by atoms with Gasteiger partial charge in [0, 0.05) is 10.4 Å². The first-order chi connectivity index (χ1) is 9.20. The summed E-state index contributed by atoms with van der Waals surface area (Å²) in [5.41, 5.74) is 1.63. The van der Waals surface area contributed by atoms with Crippen LogP contribution in [0.3, 0.4) is 0 Å². The Morgan fingerprint density at radius 2 is 2.47 bits per heavy atom. The zero-order valence-corrected chi connectivity index (χ0v) is 11.3. The van der Waals surface area contributed by atoms with E-state index >= 15 is 0 Å². The molecule has 1 atom stereocenters. The van der Waals surface area contributed by atoms with Crippen molar-refractivity contribution in [2.24, 2.45) is 4.99 Å². The standard InChI is InChI=1S/C13H12N2O3S/c1-2-18-9(16)5-7-3-4-8-10(7)11-12(17)14-6-15-13(11)19-8/h7H,2-5H2,1H3/p+1/t7-/m1/s1. The van der Waals surface area contributed by atoms with Crippen LogP contribution in [0.5, 0.6) is 0 Å². The number of hydrogen-bond donors (Lipinski definition) is 1. The maximum Gasteiger partial charge on any atom is 0.374 e. The van der Waals surface area contributed by atoms with E-state index in [4.69, 9.17) is 4.74 Å². The highest BCUT2D eigenvalue weighted by atomic mass is 32.1. The van der Waals surface area contributed by atoms with Gasteiger partial charge in [-0.15, -0.1) is 0 Å². The third-order valence-corrected chi connectivity index (χ3v) is 4.56. The van der Waals surface area contributed by atoms with Crippen LogP contribution in [0, 0.1) is 0 Å². The number of rotatable bonds is 3. The molecule has 19 heavy (non-hydrogen) atoms. The summed E-state index contributed by atoms with van der Waals surface area (Å²) in [6.45, 7) is 2.18. The van der Waals surface area contributed by atoms with Gasteiger partial charge in [-0.25, -0.2) is 0 Å². The van der Waals surface area contributed by atoms with Gasteiger partial charge in [-0.3, -0.25) is 4.79 Å². The largest absolute Gasteiger partial charge is 0.466 e. The third kappa shape index (κ3) is 2.03. The first-order valence-electron chi connectivity index (χ1n) is 6.28. The highest BCUT2D eigenvalue weighted by molar-refractivity contribution is 7.16. The van der Waals surface area contributed by atoms with Crippen LogP contribution in [0.1, 0.15) is 46.5 Å². The minimum absolute atomic E-state index is 0.0769. The van der Waals surface area contributed by atoms with Crippen molar-refractivity contribution < 1.29 is 14.3 Å². The number of nitrogens with zero attached hydrogens (tertiary/aromatic N) is 1. The van der Waals surface area contributed by atoms with E-state index in [9.17, 15) is 9.59 Å². The van der Waals surface area contributed by atoms with Crippen LogP contribution in [0.15, 0.2) is 4.99 Å². The summed E-state index contributed by atoms with van der Waals surface area (Å²) in [5, 5.41) is 3.20. The summed E-state index contributed by atoms with van der Waals surface area (Å²) in [6, 6.07) is 0. The van der Waals surface area contributed by atoms with E-state index in [2.05, 4.69) is 16.6 Å². The monoisotopic (exact) mass is 277 g/mol. The lowest BCUT2D eigenvalue weighted by molar-refractivity contribution is -0.143.